The molecule has 320 valence electrons. The van der Waals surface area contributed by atoms with Gasteiger partial charge in [0, 0.05) is 114 Å². The van der Waals surface area contributed by atoms with E-state index < -0.39 is 61.2 Å². The molecule has 4 aliphatic rings. The quantitative estimate of drug-likeness (QED) is 0.347. The van der Waals surface area contributed by atoms with E-state index in [1.807, 2.05) is 0 Å². The Morgan fingerprint density at radius 3 is 1.29 bits per heavy atom. The lowest BCUT2D eigenvalue weighted by Gasteiger charge is -2.32. The third-order valence-electron chi connectivity index (χ3n) is 11.8. The number of nitrogens with zero attached hydrogens (tertiary/aromatic N) is 6. The Labute approximate surface area is 332 Å². The number of carbonyl (C=O) groups is 2. The van der Waals surface area contributed by atoms with Gasteiger partial charge in [0.15, 0.2) is 0 Å². The number of aromatic nitrogens is 2. The van der Waals surface area contributed by atoms with Crippen molar-refractivity contribution in [2.24, 2.45) is 23.7 Å². The predicted molar refractivity (Wildman–Crippen MR) is 204 cm³/mol. The first kappa shape index (κ1) is 44.8. The van der Waals surface area contributed by atoms with Gasteiger partial charge in [-0.1, -0.05) is 24.3 Å². The van der Waals surface area contributed by atoms with E-state index in [2.05, 4.69) is 0 Å². The van der Waals surface area contributed by atoms with Gasteiger partial charge in [-0.05, 0) is 38.1 Å². The van der Waals surface area contributed by atoms with Crippen LogP contribution in [-0.4, -0.2) is 130 Å². The summed E-state index contributed by atoms with van der Waals surface area (Å²) >= 11 is 0. The summed E-state index contributed by atoms with van der Waals surface area (Å²) < 4.78 is 81.0. The minimum atomic E-state index is -4.37. The lowest BCUT2D eigenvalue weighted by atomic mass is 9.88. The van der Waals surface area contributed by atoms with E-state index in [4.69, 9.17) is 0 Å². The van der Waals surface area contributed by atoms with E-state index in [1.165, 1.54) is 19.6 Å². The standard InChI is InChI=1S/2C20H26F3N3O3/c2*1-4-5-12-6-7-15-16-13(10-26(15)18(12)28)14(11-27)17(19(29)24(2)3)25(16)9-8-20(21,22)23/h2*4-7,13-14,16-17,27H,8-11H2,1-3H3/b5-4+;5-4-/t2*13-,14-,16+,17-/m11/s1. The number of halogens is 6. The van der Waals surface area contributed by atoms with E-state index >= 15 is 0 Å². The van der Waals surface area contributed by atoms with Crippen molar-refractivity contribution in [1.82, 2.24) is 28.7 Å². The van der Waals surface area contributed by atoms with Gasteiger partial charge in [0.1, 0.15) is 0 Å². The molecule has 18 heteroatoms. The number of allylic oxidation sites excluding steroid dienone is 2. The molecule has 6 rings (SSSR count). The van der Waals surface area contributed by atoms with Crippen LogP contribution in [0.1, 0.15) is 61.3 Å². The summed E-state index contributed by atoms with van der Waals surface area (Å²) in [6, 6.07) is 4.07. The second-order valence-corrected chi connectivity index (χ2v) is 15.7. The number of amides is 2. The maximum atomic E-state index is 13.0. The van der Waals surface area contributed by atoms with E-state index in [-0.39, 0.29) is 74.2 Å². The minimum Gasteiger partial charge on any atom is -0.396 e. The van der Waals surface area contributed by atoms with E-state index in [1.54, 1.807) is 99.7 Å². The fraction of sp³-hybridized carbons (Fsp3) is 0.600. The van der Waals surface area contributed by atoms with Gasteiger partial charge < -0.3 is 29.1 Å². The molecular formula is C40H52F6N6O6. The molecule has 0 aromatic carbocycles. The highest BCUT2D eigenvalue weighted by Gasteiger charge is 2.57. The first-order valence-electron chi connectivity index (χ1n) is 19.2. The highest BCUT2D eigenvalue weighted by atomic mass is 19.4. The van der Waals surface area contributed by atoms with Crippen molar-refractivity contribution >= 4 is 24.0 Å². The van der Waals surface area contributed by atoms with Crippen LogP contribution in [0.2, 0.25) is 0 Å². The van der Waals surface area contributed by atoms with Crippen molar-refractivity contribution in [2.75, 3.05) is 54.5 Å². The molecular weight excluding hydrogens is 774 g/mol. The molecule has 0 aliphatic carbocycles. The molecule has 2 aromatic rings. The van der Waals surface area contributed by atoms with Crippen LogP contribution >= 0.6 is 0 Å². The molecule has 0 spiro atoms. The Balaban J connectivity index is 0.000000221. The van der Waals surface area contributed by atoms with Crippen molar-refractivity contribution in [3.63, 3.8) is 0 Å². The molecule has 8 atom stereocenters. The molecule has 2 aromatic heterocycles. The molecule has 4 aliphatic heterocycles. The number of likely N-dealkylation sites (tertiary alicyclic amines) is 2. The maximum absolute atomic E-state index is 13.0. The molecule has 6 heterocycles. The van der Waals surface area contributed by atoms with Crippen molar-refractivity contribution < 1.29 is 46.1 Å². The topological polar surface area (TPSA) is 132 Å². The van der Waals surface area contributed by atoms with Gasteiger partial charge in [-0.3, -0.25) is 29.0 Å². The van der Waals surface area contributed by atoms with Crippen molar-refractivity contribution in [3.8, 4) is 0 Å². The van der Waals surface area contributed by atoms with Crippen LogP contribution in [0.5, 0.6) is 0 Å². The number of hydrogen-bond donors (Lipinski definition) is 2. The zero-order chi connectivity index (χ0) is 43.0. The molecule has 0 unspecified atom stereocenters. The fourth-order valence-corrected chi connectivity index (χ4v) is 9.38. The van der Waals surface area contributed by atoms with E-state index in [9.17, 15) is 55.7 Å². The highest BCUT2D eigenvalue weighted by Crippen LogP contribution is 2.51. The van der Waals surface area contributed by atoms with Gasteiger partial charge in [0.2, 0.25) is 11.8 Å². The van der Waals surface area contributed by atoms with Crippen LogP contribution in [0.4, 0.5) is 26.3 Å². The number of aliphatic hydroxyl groups is 2. The number of fused-ring (bicyclic) bond motifs is 6. The third kappa shape index (κ3) is 8.70. The Hall–Kier alpha value is -4.26. The summed E-state index contributed by atoms with van der Waals surface area (Å²) in [5, 5.41) is 20.1. The first-order chi connectivity index (χ1) is 27.2. The number of alkyl halides is 6. The largest absolute Gasteiger partial charge is 0.396 e. The third-order valence-corrected chi connectivity index (χ3v) is 11.8. The monoisotopic (exact) mass is 826 g/mol. The van der Waals surface area contributed by atoms with Gasteiger partial charge in [-0.2, -0.15) is 26.3 Å². The lowest BCUT2D eigenvalue weighted by molar-refractivity contribution is -0.146. The van der Waals surface area contributed by atoms with E-state index in [0.29, 0.717) is 22.5 Å². The Morgan fingerprint density at radius 1 is 0.672 bits per heavy atom. The second kappa shape index (κ2) is 17.5. The number of likely N-dealkylation sites (N-methyl/N-ethyl adjacent to an activating group) is 2. The highest BCUT2D eigenvalue weighted by molar-refractivity contribution is 5.83. The maximum Gasteiger partial charge on any atom is 0.390 e. The summed E-state index contributed by atoms with van der Waals surface area (Å²) in [6.45, 7) is 2.74. The molecule has 2 amide bonds. The molecule has 0 radical (unpaired) electrons. The average molecular weight is 827 g/mol. The zero-order valence-electron chi connectivity index (χ0n) is 33.4. The van der Waals surface area contributed by atoms with Crippen LogP contribution in [0, 0.1) is 23.7 Å². The summed E-state index contributed by atoms with van der Waals surface area (Å²) in [5.74, 6) is -2.38. The molecule has 2 fully saturated rings. The van der Waals surface area contributed by atoms with Crippen LogP contribution in [0.25, 0.3) is 12.2 Å². The van der Waals surface area contributed by atoms with Crippen molar-refractivity contribution in [3.05, 3.63) is 79.6 Å². The summed E-state index contributed by atoms with van der Waals surface area (Å²) in [4.78, 5) is 57.0. The molecule has 0 bridgehead atoms. The molecule has 2 saturated heterocycles. The SMILES string of the molecule is C/C=C/c1ccc2n(c1=O)C[C@@H]1[C@@H](CO)[C@H](C(=O)N(C)C)N(CCC(F)(F)F)[C@H]21.C/C=C\c1ccc2n(c1=O)C[C@@H]1[C@@H](CO)[C@H](C(=O)N(C)C)N(CCC(F)(F)F)[C@H]21. The first-order valence-corrected chi connectivity index (χ1v) is 19.2. The van der Waals surface area contributed by atoms with Gasteiger partial charge in [0.25, 0.3) is 11.1 Å². The minimum absolute atomic E-state index is 0.210. The molecule has 2 N–H and O–H groups in total. The zero-order valence-corrected chi connectivity index (χ0v) is 33.4. The Bertz CT molecular complexity index is 1870. The van der Waals surface area contributed by atoms with Gasteiger partial charge in [-0.25, -0.2) is 0 Å². The normalized spacial score (nSPS) is 26.7. The smallest absolute Gasteiger partial charge is 0.390 e. The average Bonchev–Trinajstić information content (AvgIpc) is 3.88. The van der Waals surface area contributed by atoms with Crippen molar-refractivity contribution in [2.45, 2.75) is 76.3 Å². The number of carbonyl (C=O) groups excluding carboxylic acids is 2. The molecule has 0 saturated carbocycles. The number of rotatable bonds is 10. The van der Waals surface area contributed by atoms with Gasteiger partial charge in [0.05, 0.1) is 37.0 Å². The van der Waals surface area contributed by atoms with Crippen LogP contribution in [0.3, 0.4) is 0 Å². The van der Waals surface area contributed by atoms with E-state index in [0.717, 1.165) is 0 Å². The summed E-state index contributed by atoms with van der Waals surface area (Å²) in [6.07, 6.45) is -3.99. The number of hydrogen-bond acceptors (Lipinski definition) is 8. The summed E-state index contributed by atoms with van der Waals surface area (Å²) in [7, 11) is 6.20. The second-order valence-electron chi connectivity index (χ2n) is 15.7. The van der Waals surface area contributed by atoms with Crippen LogP contribution in [0.15, 0.2) is 46.0 Å². The van der Waals surface area contributed by atoms with Crippen LogP contribution < -0.4 is 11.1 Å². The number of aliphatic hydroxyl groups excluding tert-OH is 2. The summed E-state index contributed by atoms with van der Waals surface area (Å²) in [5.41, 5.74) is 1.78. The molecule has 12 nitrogen and oxygen atoms in total. The lowest BCUT2D eigenvalue weighted by Crippen LogP contribution is -2.48. The van der Waals surface area contributed by atoms with Gasteiger partial charge in [-0.15, -0.1) is 0 Å². The molecule has 58 heavy (non-hydrogen) atoms. The Morgan fingerprint density at radius 2 is 1.02 bits per heavy atom. The van der Waals surface area contributed by atoms with Crippen LogP contribution in [-0.2, 0) is 22.7 Å². The fourth-order valence-electron chi connectivity index (χ4n) is 9.38. The Kier molecular flexibility index (Phi) is 13.6. The number of pyridine rings is 2. The van der Waals surface area contributed by atoms with Crippen molar-refractivity contribution in [1.29, 1.82) is 0 Å². The predicted octanol–water partition coefficient (Wildman–Crippen LogP) is 3.77. The van der Waals surface area contributed by atoms with Gasteiger partial charge >= 0.3 is 12.4 Å².